The number of benzene rings is 1. The lowest BCUT2D eigenvalue weighted by molar-refractivity contribution is 0.0653. The molecule has 82 valence electrons. The van der Waals surface area contributed by atoms with Crippen molar-refractivity contribution >= 4 is 16.8 Å². The molecule has 1 saturated heterocycles. The van der Waals surface area contributed by atoms with Crippen molar-refractivity contribution in [1.82, 2.24) is 9.47 Å². The number of rotatable bonds is 1. The van der Waals surface area contributed by atoms with E-state index in [0.29, 0.717) is 0 Å². The van der Waals surface area contributed by atoms with Gasteiger partial charge in [0.15, 0.2) is 0 Å². The molecule has 1 aromatic carbocycles. The lowest BCUT2D eigenvalue weighted by Crippen LogP contribution is -2.41. The van der Waals surface area contributed by atoms with Crippen molar-refractivity contribution in [3.63, 3.8) is 0 Å². The third kappa shape index (κ3) is 1.24. The molecule has 0 spiro atoms. The monoisotopic (exact) mass is 214 g/mol. The number of amides is 1. The van der Waals surface area contributed by atoms with E-state index in [1.807, 2.05) is 47.0 Å². The Hall–Kier alpha value is -1.77. The average Bonchev–Trinajstić information content (AvgIpc) is 2.55. The van der Waals surface area contributed by atoms with Gasteiger partial charge in [0.1, 0.15) is 0 Å². The van der Waals surface area contributed by atoms with Crippen LogP contribution in [0.25, 0.3) is 10.9 Å². The van der Waals surface area contributed by atoms with Crippen LogP contribution in [0.2, 0.25) is 0 Å². The van der Waals surface area contributed by atoms with Crippen LogP contribution in [0.3, 0.4) is 0 Å². The maximum atomic E-state index is 12.2. The first-order valence-electron chi connectivity index (χ1n) is 5.61. The van der Waals surface area contributed by atoms with Crippen LogP contribution in [-0.2, 0) is 7.05 Å². The van der Waals surface area contributed by atoms with Gasteiger partial charge in [-0.25, -0.2) is 0 Å². The van der Waals surface area contributed by atoms with Crippen LogP contribution in [0.5, 0.6) is 0 Å². The number of aromatic nitrogens is 1. The van der Waals surface area contributed by atoms with E-state index >= 15 is 0 Å². The number of aryl methyl sites for hydroxylation is 1. The largest absolute Gasteiger partial charge is 0.350 e. The van der Waals surface area contributed by atoms with Gasteiger partial charge in [-0.1, -0.05) is 18.2 Å². The number of hydrogen-bond donors (Lipinski definition) is 0. The first-order chi connectivity index (χ1) is 7.77. The average molecular weight is 214 g/mol. The standard InChI is InChI=1S/C13H14N2O/c1-14-9-11(13(16)15-7-4-8-15)10-5-2-3-6-12(10)14/h2-3,5-6,9H,4,7-8H2,1H3. The topological polar surface area (TPSA) is 25.2 Å². The number of para-hydroxylation sites is 1. The van der Waals surface area contributed by atoms with Crippen molar-refractivity contribution in [2.24, 2.45) is 7.05 Å². The number of carbonyl (C=O) groups is 1. The normalized spacial score (nSPS) is 15.2. The van der Waals surface area contributed by atoms with Crippen LogP contribution in [-0.4, -0.2) is 28.5 Å². The number of hydrogen-bond acceptors (Lipinski definition) is 1. The fraction of sp³-hybridized carbons (Fsp3) is 0.308. The minimum absolute atomic E-state index is 0.169. The summed E-state index contributed by atoms with van der Waals surface area (Å²) in [7, 11) is 1.98. The molecule has 0 unspecified atom stereocenters. The molecule has 1 aliphatic rings. The Bertz CT molecular complexity index is 552. The van der Waals surface area contributed by atoms with E-state index in [4.69, 9.17) is 0 Å². The Labute approximate surface area is 94.3 Å². The summed E-state index contributed by atoms with van der Waals surface area (Å²) in [6.45, 7) is 1.81. The quantitative estimate of drug-likeness (QED) is 0.713. The van der Waals surface area contributed by atoms with Crippen molar-refractivity contribution in [3.8, 4) is 0 Å². The zero-order valence-corrected chi connectivity index (χ0v) is 9.31. The second-order valence-corrected chi connectivity index (χ2v) is 4.32. The molecule has 0 saturated carbocycles. The van der Waals surface area contributed by atoms with Crippen LogP contribution < -0.4 is 0 Å². The van der Waals surface area contributed by atoms with E-state index in [1.165, 1.54) is 0 Å². The molecule has 3 heteroatoms. The summed E-state index contributed by atoms with van der Waals surface area (Å²) in [5.41, 5.74) is 1.95. The highest BCUT2D eigenvalue weighted by molar-refractivity contribution is 6.07. The highest BCUT2D eigenvalue weighted by Gasteiger charge is 2.24. The molecule has 1 amide bonds. The Balaban J connectivity index is 2.12. The summed E-state index contributed by atoms with van der Waals surface area (Å²) in [5.74, 6) is 0.169. The fourth-order valence-corrected chi connectivity index (χ4v) is 2.20. The van der Waals surface area contributed by atoms with Crippen LogP contribution >= 0.6 is 0 Å². The molecular formula is C13H14N2O. The van der Waals surface area contributed by atoms with Crippen molar-refractivity contribution in [2.75, 3.05) is 13.1 Å². The number of likely N-dealkylation sites (tertiary alicyclic amines) is 1. The van der Waals surface area contributed by atoms with E-state index < -0.39 is 0 Å². The minimum atomic E-state index is 0.169. The van der Waals surface area contributed by atoms with Crippen molar-refractivity contribution in [1.29, 1.82) is 0 Å². The van der Waals surface area contributed by atoms with Gasteiger partial charge < -0.3 is 9.47 Å². The van der Waals surface area contributed by atoms with E-state index in [-0.39, 0.29) is 5.91 Å². The zero-order valence-electron chi connectivity index (χ0n) is 9.31. The summed E-state index contributed by atoms with van der Waals surface area (Å²) in [6, 6.07) is 8.04. The Morgan fingerprint density at radius 1 is 1.25 bits per heavy atom. The molecule has 3 nitrogen and oxygen atoms in total. The molecule has 0 N–H and O–H groups in total. The van der Waals surface area contributed by atoms with E-state index in [9.17, 15) is 4.79 Å². The Kier molecular flexibility index (Phi) is 1.99. The van der Waals surface area contributed by atoms with Crippen LogP contribution in [0.15, 0.2) is 30.5 Å². The molecule has 2 aromatic rings. The number of carbonyl (C=O) groups excluding carboxylic acids is 1. The molecular weight excluding hydrogens is 200 g/mol. The van der Waals surface area contributed by atoms with Gasteiger partial charge in [-0.2, -0.15) is 0 Å². The van der Waals surface area contributed by atoms with Gasteiger partial charge in [0.2, 0.25) is 0 Å². The second kappa shape index (κ2) is 3.37. The third-order valence-electron chi connectivity index (χ3n) is 3.27. The van der Waals surface area contributed by atoms with Gasteiger partial charge in [0.05, 0.1) is 5.56 Å². The van der Waals surface area contributed by atoms with Crippen molar-refractivity contribution < 1.29 is 4.79 Å². The molecule has 3 rings (SSSR count). The molecule has 0 aliphatic carbocycles. The summed E-state index contributed by atoms with van der Waals surface area (Å²) < 4.78 is 2.02. The Morgan fingerprint density at radius 2 is 2.00 bits per heavy atom. The van der Waals surface area contributed by atoms with Crippen molar-refractivity contribution in [3.05, 3.63) is 36.0 Å². The summed E-state index contributed by atoms with van der Waals surface area (Å²) in [4.78, 5) is 14.1. The highest BCUT2D eigenvalue weighted by atomic mass is 16.2. The fourth-order valence-electron chi connectivity index (χ4n) is 2.20. The van der Waals surface area contributed by atoms with Gasteiger partial charge >= 0.3 is 0 Å². The summed E-state index contributed by atoms with van der Waals surface area (Å²) in [5, 5.41) is 1.06. The molecule has 1 aliphatic heterocycles. The van der Waals surface area contributed by atoms with Crippen LogP contribution in [0, 0.1) is 0 Å². The van der Waals surface area contributed by atoms with Gasteiger partial charge in [-0.05, 0) is 12.5 Å². The highest BCUT2D eigenvalue weighted by Crippen LogP contribution is 2.23. The van der Waals surface area contributed by atoms with Gasteiger partial charge in [0, 0.05) is 37.2 Å². The van der Waals surface area contributed by atoms with E-state index in [0.717, 1.165) is 36.0 Å². The SMILES string of the molecule is Cn1cc(C(=O)N2CCC2)c2ccccc21. The van der Waals surface area contributed by atoms with Gasteiger partial charge in [-0.15, -0.1) is 0 Å². The number of nitrogens with zero attached hydrogens (tertiary/aromatic N) is 2. The Morgan fingerprint density at radius 3 is 2.69 bits per heavy atom. The lowest BCUT2D eigenvalue weighted by Gasteiger charge is -2.30. The van der Waals surface area contributed by atoms with Crippen LogP contribution in [0.1, 0.15) is 16.8 Å². The zero-order chi connectivity index (χ0) is 11.1. The second-order valence-electron chi connectivity index (χ2n) is 4.32. The molecule has 1 fully saturated rings. The predicted octanol–water partition coefficient (Wildman–Crippen LogP) is 2.02. The third-order valence-corrected chi connectivity index (χ3v) is 3.27. The molecule has 1 aromatic heterocycles. The first-order valence-corrected chi connectivity index (χ1v) is 5.61. The summed E-state index contributed by atoms with van der Waals surface area (Å²) >= 11 is 0. The maximum absolute atomic E-state index is 12.2. The smallest absolute Gasteiger partial charge is 0.256 e. The molecule has 16 heavy (non-hydrogen) atoms. The van der Waals surface area contributed by atoms with Crippen LogP contribution in [0.4, 0.5) is 0 Å². The van der Waals surface area contributed by atoms with Crippen molar-refractivity contribution in [2.45, 2.75) is 6.42 Å². The van der Waals surface area contributed by atoms with Gasteiger partial charge in [-0.3, -0.25) is 4.79 Å². The minimum Gasteiger partial charge on any atom is -0.350 e. The molecule has 0 bridgehead atoms. The molecule has 2 heterocycles. The predicted molar refractivity (Wildman–Crippen MR) is 63.4 cm³/mol. The molecule has 0 radical (unpaired) electrons. The van der Waals surface area contributed by atoms with E-state index in [2.05, 4.69) is 0 Å². The number of fused-ring (bicyclic) bond motifs is 1. The lowest BCUT2D eigenvalue weighted by atomic mass is 10.1. The first kappa shape index (κ1) is 9.46. The van der Waals surface area contributed by atoms with E-state index in [1.54, 1.807) is 0 Å². The summed E-state index contributed by atoms with van der Waals surface area (Å²) in [6.07, 6.45) is 3.07. The van der Waals surface area contributed by atoms with Gasteiger partial charge in [0.25, 0.3) is 5.91 Å². The maximum Gasteiger partial charge on any atom is 0.256 e. The molecule has 0 atom stereocenters.